The SMILES string of the molecule is CCOC(=O)c1nc(Oc2ccc(C=O)cc2)c2[nH]c3ccccc3c2c1COC. The van der Waals surface area contributed by atoms with Gasteiger partial charge in [0.2, 0.25) is 5.88 Å². The number of hydrogen-bond acceptors (Lipinski definition) is 6. The van der Waals surface area contributed by atoms with Crippen LogP contribution >= 0.6 is 0 Å². The van der Waals surface area contributed by atoms with E-state index < -0.39 is 5.97 Å². The van der Waals surface area contributed by atoms with E-state index in [1.165, 1.54) is 0 Å². The van der Waals surface area contributed by atoms with E-state index in [1.54, 1.807) is 38.3 Å². The molecule has 2 aromatic carbocycles. The van der Waals surface area contributed by atoms with Crippen molar-refractivity contribution in [2.24, 2.45) is 0 Å². The van der Waals surface area contributed by atoms with Gasteiger partial charge in [0.25, 0.3) is 0 Å². The van der Waals surface area contributed by atoms with Crippen molar-refractivity contribution in [2.45, 2.75) is 13.5 Å². The Labute approximate surface area is 172 Å². The number of fused-ring (bicyclic) bond motifs is 3. The molecule has 0 unspecified atom stereocenters. The fourth-order valence-electron chi connectivity index (χ4n) is 3.41. The van der Waals surface area contributed by atoms with Crippen molar-refractivity contribution in [3.63, 3.8) is 0 Å². The van der Waals surface area contributed by atoms with Crippen LogP contribution in [0.5, 0.6) is 11.6 Å². The molecule has 0 spiro atoms. The minimum absolute atomic E-state index is 0.149. The van der Waals surface area contributed by atoms with Gasteiger partial charge in [0.15, 0.2) is 5.69 Å². The predicted molar refractivity (Wildman–Crippen MR) is 112 cm³/mol. The fraction of sp³-hybridized carbons (Fsp3) is 0.174. The van der Waals surface area contributed by atoms with Gasteiger partial charge in [-0.2, -0.15) is 0 Å². The Morgan fingerprint density at radius 1 is 1.13 bits per heavy atom. The van der Waals surface area contributed by atoms with Crippen molar-refractivity contribution >= 4 is 34.1 Å². The van der Waals surface area contributed by atoms with Crippen LogP contribution in [0.4, 0.5) is 0 Å². The molecule has 4 rings (SSSR count). The number of hydrogen-bond donors (Lipinski definition) is 1. The summed E-state index contributed by atoms with van der Waals surface area (Å²) in [6.45, 7) is 2.15. The number of nitrogens with one attached hydrogen (secondary N) is 1. The molecule has 7 heteroatoms. The zero-order valence-electron chi connectivity index (χ0n) is 16.6. The summed E-state index contributed by atoms with van der Waals surface area (Å²) < 4.78 is 16.6. The third-order valence-corrected chi connectivity index (χ3v) is 4.71. The van der Waals surface area contributed by atoms with E-state index >= 15 is 0 Å². The van der Waals surface area contributed by atoms with Gasteiger partial charge in [0.1, 0.15) is 17.6 Å². The second-order valence-corrected chi connectivity index (χ2v) is 6.61. The van der Waals surface area contributed by atoms with Crippen LogP contribution in [0.25, 0.3) is 21.8 Å². The van der Waals surface area contributed by atoms with Crippen molar-refractivity contribution in [2.75, 3.05) is 13.7 Å². The third-order valence-electron chi connectivity index (χ3n) is 4.71. The minimum atomic E-state index is -0.544. The van der Waals surface area contributed by atoms with E-state index in [-0.39, 0.29) is 24.8 Å². The average Bonchev–Trinajstić information content (AvgIpc) is 3.16. The number of pyridine rings is 1. The zero-order chi connectivity index (χ0) is 21.1. The highest BCUT2D eigenvalue weighted by Crippen LogP contribution is 2.37. The lowest BCUT2D eigenvalue weighted by Crippen LogP contribution is -2.12. The van der Waals surface area contributed by atoms with Crippen molar-refractivity contribution in [1.82, 2.24) is 9.97 Å². The molecule has 0 saturated carbocycles. The summed E-state index contributed by atoms with van der Waals surface area (Å²) in [5, 5.41) is 1.72. The van der Waals surface area contributed by atoms with Crippen LogP contribution < -0.4 is 4.74 Å². The standard InChI is InChI=1S/C23H20N2O5/c1-3-29-23(27)20-17(13-28-2)19-16-6-4-5-7-18(16)24-21(19)22(25-20)30-15-10-8-14(12-26)9-11-15/h4-12,24H,3,13H2,1-2H3. The molecule has 152 valence electrons. The maximum Gasteiger partial charge on any atom is 0.357 e. The van der Waals surface area contributed by atoms with Gasteiger partial charge in [-0.25, -0.2) is 9.78 Å². The largest absolute Gasteiger partial charge is 0.461 e. The van der Waals surface area contributed by atoms with E-state index in [2.05, 4.69) is 9.97 Å². The second kappa shape index (κ2) is 8.34. The van der Waals surface area contributed by atoms with Crippen LogP contribution in [-0.4, -0.2) is 35.9 Å². The van der Waals surface area contributed by atoms with Crippen molar-refractivity contribution in [1.29, 1.82) is 0 Å². The lowest BCUT2D eigenvalue weighted by Gasteiger charge is -2.13. The summed E-state index contributed by atoms with van der Waals surface area (Å²) in [6.07, 6.45) is 0.760. The number of esters is 1. The van der Waals surface area contributed by atoms with E-state index in [9.17, 15) is 9.59 Å². The number of nitrogens with zero attached hydrogens (tertiary/aromatic N) is 1. The predicted octanol–water partition coefficient (Wildman–Crippen LogP) is 4.64. The number of aromatic amines is 1. The second-order valence-electron chi connectivity index (χ2n) is 6.61. The third kappa shape index (κ3) is 3.51. The molecule has 4 aromatic rings. The number of carbonyl (C=O) groups is 2. The normalized spacial score (nSPS) is 11.0. The number of H-pyrrole nitrogens is 1. The molecule has 0 aliphatic heterocycles. The molecule has 0 aliphatic rings. The zero-order valence-corrected chi connectivity index (χ0v) is 16.6. The summed E-state index contributed by atoms with van der Waals surface area (Å²) in [5.41, 5.74) is 2.85. The number of rotatable bonds is 7. The van der Waals surface area contributed by atoms with Gasteiger partial charge in [-0.3, -0.25) is 4.79 Å². The lowest BCUT2D eigenvalue weighted by atomic mass is 10.1. The van der Waals surface area contributed by atoms with Gasteiger partial charge in [0, 0.05) is 34.5 Å². The Morgan fingerprint density at radius 2 is 1.90 bits per heavy atom. The first-order chi connectivity index (χ1) is 14.7. The van der Waals surface area contributed by atoms with Crippen LogP contribution in [0.2, 0.25) is 0 Å². The van der Waals surface area contributed by atoms with Gasteiger partial charge in [-0.05, 0) is 37.3 Å². The van der Waals surface area contributed by atoms with Crippen LogP contribution in [-0.2, 0) is 16.1 Å². The number of carbonyl (C=O) groups excluding carboxylic acids is 2. The molecular formula is C23H20N2O5. The van der Waals surface area contributed by atoms with E-state index in [4.69, 9.17) is 14.2 Å². The first-order valence-corrected chi connectivity index (χ1v) is 9.48. The number of aromatic nitrogens is 2. The van der Waals surface area contributed by atoms with Crippen molar-refractivity contribution < 1.29 is 23.8 Å². The first-order valence-electron chi connectivity index (χ1n) is 9.48. The summed E-state index contributed by atoms with van der Waals surface area (Å²) in [6, 6.07) is 14.4. The van der Waals surface area contributed by atoms with E-state index in [0.717, 1.165) is 22.6 Å². The number of ether oxygens (including phenoxy) is 3. The van der Waals surface area contributed by atoms with Gasteiger partial charge in [-0.1, -0.05) is 18.2 Å². The molecule has 30 heavy (non-hydrogen) atoms. The van der Waals surface area contributed by atoms with Gasteiger partial charge in [0.05, 0.1) is 13.2 Å². The summed E-state index contributed by atoms with van der Waals surface area (Å²) in [7, 11) is 1.56. The van der Waals surface area contributed by atoms with Crippen LogP contribution in [0.1, 0.15) is 33.3 Å². The molecule has 0 saturated heterocycles. The number of methoxy groups -OCH3 is 1. The Bertz CT molecular complexity index is 1230. The molecule has 1 N–H and O–H groups in total. The number of para-hydroxylation sites is 1. The Balaban J connectivity index is 1.97. The molecule has 0 aliphatic carbocycles. The Kier molecular flexibility index (Phi) is 5.45. The summed E-state index contributed by atoms with van der Waals surface area (Å²) in [5.74, 6) is 0.184. The molecule has 7 nitrogen and oxygen atoms in total. The molecule has 0 radical (unpaired) electrons. The highest BCUT2D eigenvalue weighted by Gasteiger charge is 2.24. The summed E-state index contributed by atoms with van der Waals surface area (Å²) >= 11 is 0. The molecule has 0 amide bonds. The molecule has 2 heterocycles. The van der Waals surface area contributed by atoms with Crippen LogP contribution in [0.3, 0.4) is 0 Å². The topological polar surface area (TPSA) is 90.5 Å². The molecular weight excluding hydrogens is 384 g/mol. The van der Waals surface area contributed by atoms with Gasteiger partial charge < -0.3 is 19.2 Å². The number of aldehydes is 1. The minimum Gasteiger partial charge on any atom is -0.461 e. The van der Waals surface area contributed by atoms with Crippen LogP contribution in [0, 0.1) is 0 Å². The van der Waals surface area contributed by atoms with Crippen LogP contribution in [0.15, 0.2) is 48.5 Å². The lowest BCUT2D eigenvalue weighted by molar-refractivity contribution is 0.0513. The fourth-order valence-corrected chi connectivity index (χ4v) is 3.41. The molecule has 2 aromatic heterocycles. The first kappa shape index (κ1) is 19.6. The van der Waals surface area contributed by atoms with Gasteiger partial charge >= 0.3 is 5.97 Å². The van der Waals surface area contributed by atoms with Gasteiger partial charge in [-0.15, -0.1) is 0 Å². The average molecular weight is 404 g/mol. The molecule has 0 bridgehead atoms. The maximum absolute atomic E-state index is 12.7. The molecule has 0 atom stereocenters. The maximum atomic E-state index is 12.7. The van der Waals surface area contributed by atoms with Crippen molar-refractivity contribution in [3.05, 3.63) is 65.4 Å². The highest BCUT2D eigenvalue weighted by molar-refractivity contribution is 6.12. The van der Waals surface area contributed by atoms with E-state index in [1.807, 2.05) is 24.3 Å². The quantitative estimate of drug-likeness (QED) is 0.356. The summed E-state index contributed by atoms with van der Waals surface area (Å²) in [4.78, 5) is 31.4. The molecule has 0 fully saturated rings. The van der Waals surface area contributed by atoms with Crippen molar-refractivity contribution in [3.8, 4) is 11.6 Å². The smallest absolute Gasteiger partial charge is 0.357 e. The monoisotopic (exact) mass is 404 g/mol. The number of benzene rings is 2. The Morgan fingerprint density at radius 3 is 2.60 bits per heavy atom. The Hall–Kier alpha value is -3.71. The van der Waals surface area contributed by atoms with E-state index in [0.29, 0.717) is 22.4 Å². The highest BCUT2D eigenvalue weighted by atomic mass is 16.5.